The molecule has 1 aromatic carbocycles. The van der Waals surface area contributed by atoms with Gasteiger partial charge in [-0.1, -0.05) is 18.2 Å². The summed E-state index contributed by atoms with van der Waals surface area (Å²) in [4.78, 5) is 13.9. The summed E-state index contributed by atoms with van der Waals surface area (Å²) >= 11 is 0. The first kappa shape index (κ1) is 14.8. The van der Waals surface area contributed by atoms with Gasteiger partial charge in [-0.2, -0.15) is 0 Å². The second-order valence-electron chi connectivity index (χ2n) is 4.89. The Bertz CT molecular complexity index is 450. The lowest BCUT2D eigenvalue weighted by atomic mass is 10.1. The van der Waals surface area contributed by atoms with Crippen molar-refractivity contribution in [3.8, 4) is 5.75 Å². The lowest BCUT2D eigenvalue weighted by Gasteiger charge is -2.22. The fourth-order valence-electron chi connectivity index (χ4n) is 2.40. The van der Waals surface area contributed by atoms with Gasteiger partial charge >= 0.3 is 5.97 Å². The minimum absolute atomic E-state index is 0.209. The number of ether oxygens (including phenoxy) is 2. The molecule has 0 amide bonds. The molecule has 0 radical (unpaired) electrons. The van der Waals surface area contributed by atoms with Gasteiger partial charge in [0.2, 0.25) is 0 Å². The van der Waals surface area contributed by atoms with Crippen molar-refractivity contribution in [1.29, 1.82) is 0 Å². The Labute approximate surface area is 119 Å². The van der Waals surface area contributed by atoms with Gasteiger partial charge in [0.1, 0.15) is 18.4 Å². The molecule has 1 heterocycles. The molecule has 0 aliphatic carbocycles. The molecule has 1 unspecified atom stereocenters. The fourth-order valence-corrected chi connectivity index (χ4v) is 2.40. The van der Waals surface area contributed by atoms with Crippen LogP contribution in [0.15, 0.2) is 24.3 Å². The topological polar surface area (TPSA) is 50.8 Å². The van der Waals surface area contributed by atoms with Crippen LogP contribution in [0, 0.1) is 0 Å². The number of nitrogens with one attached hydrogen (secondary N) is 1. The number of hydrogen-bond acceptors (Lipinski definition) is 5. The third kappa shape index (κ3) is 3.71. The highest BCUT2D eigenvalue weighted by atomic mass is 16.5. The Balaban J connectivity index is 1.92. The molecular weight excluding hydrogens is 256 g/mol. The zero-order valence-corrected chi connectivity index (χ0v) is 12.1. The lowest BCUT2D eigenvalue weighted by molar-refractivity contribution is -0.143. The van der Waals surface area contributed by atoms with Gasteiger partial charge in [-0.15, -0.1) is 0 Å². The summed E-state index contributed by atoms with van der Waals surface area (Å²) in [6, 6.07) is 7.85. The molecule has 1 atom stereocenters. The molecule has 2 rings (SSSR count). The van der Waals surface area contributed by atoms with E-state index < -0.39 is 0 Å². The van der Waals surface area contributed by atoms with Crippen LogP contribution in [0.2, 0.25) is 0 Å². The van der Waals surface area contributed by atoms with Crippen LogP contribution in [0.5, 0.6) is 5.75 Å². The van der Waals surface area contributed by atoms with Crippen molar-refractivity contribution < 1.29 is 14.3 Å². The number of rotatable bonds is 5. The summed E-state index contributed by atoms with van der Waals surface area (Å²) in [5, 5.41) is 2.99. The average Bonchev–Trinajstić information content (AvgIpc) is 2.69. The number of carbonyl (C=O) groups is 1. The van der Waals surface area contributed by atoms with Crippen molar-refractivity contribution in [2.45, 2.75) is 19.0 Å². The average molecular weight is 278 g/mol. The predicted molar refractivity (Wildman–Crippen MR) is 76.7 cm³/mol. The molecule has 5 heteroatoms. The third-order valence-corrected chi connectivity index (χ3v) is 3.60. The van der Waals surface area contributed by atoms with Gasteiger partial charge in [0.15, 0.2) is 0 Å². The summed E-state index contributed by atoms with van der Waals surface area (Å²) < 4.78 is 10.5. The van der Waals surface area contributed by atoms with Crippen molar-refractivity contribution in [1.82, 2.24) is 10.2 Å². The smallest absolute Gasteiger partial charge is 0.322 e. The van der Waals surface area contributed by atoms with Gasteiger partial charge in [-0.05, 0) is 19.5 Å². The van der Waals surface area contributed by atoms with E-state index in [4.69, 9.17) is 9.47 Å². The SMILES string of the molecule is CNC(CCN1CCOc2ccccc2C1)C(=O)OC. The van der Waals surface area contributed by atoms with Gasteiger partial charge in [-0.3, -0.25) is 9.69 Å². The Hall–Kier alpha value is -1.59. The molecule has 0 spiro atoms. The van der Waals surface area contributed by atoms with Crippen LogP contribution in [0.3, 0.4) is 0 Å². The van der Waals surface area contributed by atoms with Crippen molar-refractivity contribution in [2.24, 2.45) is 0 Å². The molecule has 0 saturated carbocycles. The molecule has 0 saturated heterocycles. The second kappa shape index (κ2) is 7.26. The maximum atomic E-state index is 11.6. The number of benzene rings is 1. The van der Waals surface area contributed by atoms with Gasteiger partial charge in [0.25, 0.3) is 0 Å². The molecule has 20 heavy (non-hydrogen) atoms. The highest BCUT2D eigenvalue weighted by Crippen LogP contribution is 2.22. The van der Waals surface area contributed by atoms with E-state index in [1.165, 1.54) is 12.7 Å². The van der Waals surface area contributed by atoms with Crippen molar-refractivity contribution in [3.63, 3.8) is 0 Å². The Kier molecular flexibility index (Phi) is 5.38. The lowest BCUT2D eigenvalue weighted by Crippen LogP contribution is -2.39. The molecule has 1 aromatic rings. The molecule has 5 nitrogen and oxygen atoms in total. The Morgan fingerprint density at radius 1 is 1.50 bits per heavy atom. The minimum Gasteiger partial charge on any atom is -0.492 e. The van der Waals surface area contributed by atoms with E-state index in [0.29, 0.717) is 6.61 Å². The monoisotopic (exact) mass is 278 g/mol. The first-order valence-corrected chi connectivity index (χ1v) is 6.92. The maximum Gasteiger partial charge on any atom is 0.322 e. The van der Waals surface area contributed by atoms with E-state index in [9.17, 15) is 4.79 Å². The van der Waals surface area contributed by atoms with E-state index in [1.54, 1.807) is 7.05 Å². The highest BCUT2D eigenvalue weighted by Gasteiger charge is 2.20. The van der Waals surface area contributed by atoms with Gasteiger partial charge in [0, 0.05) is 25.2 Å². The first-order valence-electron chi connectivity index (χ1n) is 6.92. The molecule has 1 N–H and O–H groups in total. The molecule has 0 fully saturated rings. The molecule has 1 aliphatic heterocycles. The van der Waals surface area contributed by atoms with E-state index in [2.05, 4.69) is 16.3 Å². The minimum atomic E-state index is -0.251. The van der Waals surface area contributed by atoms with Crippen LogP contribution in [0.25, 0.3) is 0 Å². The van der Waals surface area contributed by atoms with E-state index in [-0.39, 0.29) is 12.0 Å². The van der Waals surface area contributed by atoms with E-state index in [1.807, 2.05) is 18.2 Å². The number of nitrogens with zero attached hydrogens (tertiary/aromatic N) is 1. The number of fused-ring (bicyclic) bond motifs is 1. The zero-order chi connectivity index (χ0) is 14.4. The Morgan fingerprint density at radius 3 is 3.05 bits per heavy atom. The normalized spacial score (nSPS) is 16.7. The van der Waals surface area contributed by atoms with Crippen LogP contribution < -0.4 is 10.1 Å². The Morgan fingerprint density at radius 2 is 2.30 bits per heavy atom. The second-order valence-corrected chi connectivity index (χ2v) is 4.89. The van der Waals surface area contributed by atoms with E-state index in [0.717, 1.165) is 31.8 Å². The quantitative estimate of drug-likeness (QED) is 0.815. The molecule has 0 bridgehead atoms. The van der Waals surface area contributed by atoms with Crippen LogP contribution in [-0.4, -0.2) is 50.8 Å². The standard InChI is InChI=1S/C15H22N2O3/c1-16-13(15(18)19-2)7-8-17-9-10-20-14-6-4-3-5-12(14)11-17/h3-6,13,16H,7-11H2,1-2H3. The number of likely N-dealkylation sites (N-methyl/N-ethyl adjacent to an activating group) is 1. The van der Waals surface area contributed by atoms with Crippen molar-refractivity contribution in [2.75, 3.05) is 33.9 Å². The largest absolute Gasteiger partial charge is 0.492 e. The highest BCUT2D eigenvalue weighted by molar-refractivity contribution is 5.75. The predicted octanol–water partition coefficient (Wildman–Crippen LogP) is 1.03. The molecule has 1 aliphatic rings. The molecule has 110 valence electrons. The van der Waals surface area contributed by atoms with Crippen molar-refractivity contribution >= 4 is 5.97 Å². The van der Waals surface area contributed by atoms with Crippen LogP contribution in [0.1, 0.15) is 12.0 Å². The zero-order valence-electron chi connectivity index (χ0n) is 12.1. The summed E-state index contributed by atoms with van der Waals surface area (Å²) in [6.45, 7) is 3.23. The maximum absolute atomic E-state index is 11.6. The molecule has 0 aromatic heterocycles. The summed E-state index contributed by atoms with van der Waals surface area (Å²) in [5.74, 6) is 0.757. The summed E-state index contributed by atoms with van der Waals surface area (Å²) in [7, 11) is 3.20. The summed E-state index contributed by atoms with van der Waals surface area (Å²) in [5.41, 5.74) is 1.20. The number of para-hydroxylation sites is 1. The molecular formula is C15H22N2O3. The van der Waals surface area contributed by atoms with Crippen molar-refractivity contribution in [3.05, 3.63) is 29.8 Å². The van der Waals surface area contributed by atoms with Gasteiger partial charge in [0.05, 0.1) is 7.11 Å². The number of esters is 1. The van der Waals surface area contributed by atoms with Crippen LogP contribution in [0.4, 0.5) is 0 Å². The van der Waals surface area contributed by atoms with Gasteiger partial charge < -0.3 is 14.8 Å². The summed E-state index contributed by atoms with van der Waals surface area (Å²) in [6.07, 6.45) is 0.728. The fraction of sp³-hybridized carbons (Fsp3) is 0.533. The number of methoxy groups -OCH3 is 1. The number of carbonyl (C=O) groups excluding carboxylic acids is 1. The number of hydrogen-bond donors (Lipinski definition) is 1. The van der Waals surface area contributed by atoms with Gasteiger partial charge in [-0.25, -0.2) is 0 Å². The van der Waals surface area contributed by atoms with Crippen LogP contribution >= 0.6 is 0 Å². The van der Waals surface area contributed by atoms with E-state index >= 15 is 0 Å². The third-order valence-electron chi connectivity index (χ3n) is 3.60. The first-order chi connectivity index (χ1) is 9.74. The van der Waals surface area contributed by atoms with Crippen LogP contribution in [-0.2, 0) is 16.1 Å².